The second kappa shape index (κ2) is 4.95. The smallest absolute Gasteiger partial charge is 0.412 e. The number of hydrogen-bond acceptors (Lipinski definition) is 3. The molecule has 0 saturated carbocycles. The predicted octanol–water partition coefficient (Wildman–Crippen LogP) is 0.678. The van der Waals surface area contributed by atoms with Crippen LogP contribution in [0.2, 0.25) is 0 Å². The maximum atomic E-state index is 10.9. The molecule has 6 nitrogen and oxygen atoms in total. The van der Waals surface area contributed by atoms with Gasteiger partial charge in [-0.3, -0.25) is 4.90 Å². The highest BCUT2D eigenvalue weighted by molar-refractivity contribution is 7.88. The molecular weight excluding hydrogens is 232 g/mol. The summed E-state index contributed by atoms with van der Waals surface area (Å²) in [5.41, 5.74) is 0.408. The van der Waals surface area contributed by atoms with E-state index in [0.717, 1.165) is 11.2 Å². The molecule has 1 aromatic carbocycles. The molecule has 0 fully saturated rings. The average Bonchev–Trinajstić information content (AvgIpc) is 2.17. The predicted molar refractivity (Wildman–Crippen MR) is 59.8 cm³/mol. The van der Waals surface area contributed by atoms with Crippen molar-refractivity contribution in [2.75, 3.05) is 17.8 Å². The number of anilines is 1. The molecule has 16 heavy (non-hydrogen) atoms. The number of hydrogen-bond donors (Lipinski definition) is 2. The van der Waals surface area contributed by atoms with Crippen molar-refractivity contribution in [2.24, 2.45) is 0 Å². The van der Waals surface area contributed by atoms with Crippen LogP contribution in [0.3, 0.4) is 0 Å². The summed E-state index contributed by atoms with van der Waals surface area (Å²) >= 11 is 0. The van der Waals surface area contributed by atoms with Gasteiger partial charge in [-0.15, -0.1) is 0 Å². The highest BCUT2D eigenvalue weighted by Crippen LogP contribution is 2.12. The van der Waals surface area contributed by atoms with E-state index in [1.165, 1.54) is 0 Å². The highest BCUT2D eigenvalue weighted by atomic mass is 32.2. The van der Waals surface area contributed by atoms with Crippen LogP contribution in [-0.4, -0.2) is 32.5 Å². The van der Waals surface area contributed by atoms with Gasteiger partial charge in [-0.05, 0) is 12.1 Å². The van der Waals surface area contributed by atoms with Crippen LogP contribution in [0, 0.1) is 0 Å². The van der Waals surface area contributed by atoms with Gasteiger partial charge in [0.2, 0.25) is 10.0 Å². The maximum Gasteiger partial charge on any atom is 0.412 e. The fourth-order valence-corrected chi connectivity index (χ4v) is 1.42. The molecular formula is C9H12N2O4S. The number of amides is 1. The van der Waals surface area contributed by atoms with Gasteiger partial charge in [-0.1, -0.05) is 18.2 Å². The summed E-state index contributed by atoms with van der Waals surface area (Å²) in [6.07, 6.45) is -0.250. The van der Waals surface area contributed by atoms with Crippen molar-refractivity contribution in [3.05, 3.63) is 30.3 Å². The monoisotopic (exact) mass is 244 g/mol. The summed E-state index contributed by atoms with van der Waals surface area (Å²) in [5.74, 6) is 0. The van der Waals surface area contributed by atoms with Crippen molar-refractivity contribution in [3.63, 3.8) is 0 Å². The molecule has 0 unspecified atom stereocenters. The molecule has 1 aromatic rings. The van der Waals surface area contributed by atoms with Gasteiger partial charge in [-0.2, -0.15) is 4.72 Å². The molecule has 0 saturated heterocycles. The summed E-state index contributed by atoms with van der Waals surface area (Å²) in [4.78, 5) is 11.8. The zero-order valence-corrected chi connectivity index (χ0v) is 9.44. The molecule has 7 heteroatoms. The third-order valence-corrected chi connectivity index (χ3v) is 2.44. The normalized spacial score (nSPS) is 11.1. The molecule has 88 valence electrons. The van der Waals surface area contributed by atoms with E-state index in [9.17, 15) is 13.2 Å². The van der Waals surface area contributed by atoms with Crippen molar-refractivity contribution in [3.8, 4) is 0 Å². The molecule has 2 N–H and O–H groups in total. The second-order valence-electron chi connectivity index (χ2n) is 3.12. The molecule has 0 aliphatic rings. The Morgan fingerprint density at radius 1 is 1.38 bits per heavy atom. The zero-order chi connectivity index (χ0) is 12.2. The van der Waals surface area contributed by atoms with Crippen molar-refractivity contribution in [1.29, 1.82) is 0 Å². The van der Waals surface area contributed by atoms with Gasteiger partial charge in [0.05, 0.1) is 12.9 Å². The SMILES string of the molecule is CS(=O)(=O)NCN(C(=O)O)c1ccccc1. The molecule has 0 aliphatic carbocycles. The lowest BCUT2D eigenvalue weighted by Gasteiger charge is -2.18. The molecule has 0 aromatic heterocycles. The Morgan fingerprint density at radius 3 is 2.38 bits per heavy atom. The summed E-state index contributed by atoms with van der Waals surface area (Å²) in [6.45, 7) is -0.307. The van der Waals surface area contributed by atoms with Crippen LogP contribution in [0.5, 0.6) is 0 Å². The Bertz CT molecular complexity index is 458. The Hall–Kier alpha value is -1.60. The van der Waals surface area contributed by atoms with Crippen molar-refractivity contribution < 1.29 is 18.3 Å². The molecule has 1 amide bonds. The van der Waals surface area contributed by atoms with E-state index in [1.54, 1.807) is 30.3 Å². The Kier molecular flexibility index (Phi) is 3.86. The highest BCUT2D eigenvalue weighted by Gasteiger charge is 2.15. The quantitative estimate of drug-likeness (QED) is 0.762. The summed E-state index contributed by atoms with van der Waals surface area (Å²) < 4.78 is 23.8. The molecule has 0 aliphatic heterocycles. The number of nitrogens with one attached hydrogen (secondary N) is 1. The Morgan fingerprint density at radius 2 is 1.94 bits per heavy atom. The number of sulfonamides is 1. The van der Waals surface area contributed by atoms with E-state index in [0.29, 0.717) is 5.69 Å². The van der Waals surface area contributed by atoms with Gasteiger partial charge in [0.15, 0.2) is 0 Å². The van der Waals surface area contributed by atoms with Crippen LogP contribution in [0.4, 0.5) is 10.5 Å². The van der Waals surface area contributed by atoms with Crippen LogP contribution in [-0.2, 0) is 10.0 Å². The molecule has 0 spiro atoms. The van der Waals surface area contributed by atoms with Crippen molar-refractivity contribution >= 4 is 21.8 Å². The van der Waals surface area contributed by atoms with Gasteiger partial charge >= 0.3 is 6.09 Å². The summed E-state index contributed by atoms with van der Waals surface area (Å²) in [7, 11) is -3.42. The third-order valence-electron chi connectivity index (χ3n) is 1.78. The molecule has 0 heterocycles. The van der Waals surface area contributed by atoms with Crippen LogP contribution in [0.1, 0.15) is 0 Å². The summed E-state index contributed by atoms with van der Waals surface area (Å²) in [6, 6.07) is 8.25. The number of carboxylic acid groups (broad SMARTS) is 1. The van der Waals surface area contributed by atoms with Gasteiger partial charge in [-0.25, -0.2) is 13.2 Å². The molecule has 0 atom stereocenters. The second-order valence-corrected chi connectivity index (χ2v) is 4.95. The largest absolute Gasteiger partial charge is 0.465 e. The first kappa shape index (κ1) is 12.5. The lowest BCUT2D eigenvalue weighted by Crippen LogP contribution is -2.40. The Balaban J connectivity index is 2.81. The molecule has 0 radical (unpaired) electrons. The Labute approximate surface area is 93.6 Å². The minimum absolute atomic E-state index is 0.307. The van der Waals surface area contributed by atoms with Crippen LogP contribution >= 0.6 is 0 Å². The average molecular weight is 244 g/mol. The minimum atomic E-state index is -3.42. The fraction of sp³-hybridized carbons (Fsp3) is 0.222. The van der Waals surface area contributed by atoms with Crippen LogP contribution < -0.4 is 9.62 Å². The van der Waals surface area contributed by atoms with Gasteiger partial charge in [0.1, 0.15) is 0 Å². The number of para-hydroxylation sites is 1. The van der Waals surface area contributed by atoms with Gasteiger partial charge in [0.25, 0.3) is 0 Å². The van der Waals surface area contributed by atoms with Crippen molar-refractivity contribution in [1.82, 2.24) is 4.72 Å². The molecule has 1 rings (SSSR count). The topological polar surface area (TPSA) is 86.7 Å². The van der Waals surface area contributed by atoms with Crippen molar-refractivity contribution in [2.45, 2.75) is 0 Å². The van der Waals surface area contributed by atoms with Gasteiger partial charge in [0, 0.05) is 5.69 Å². The van der Waals surface area contributed by atoms with Crippen LogP contribution in [0.15, 0.2) is 30.3 Å². The fourth-order valence-electron chi connectivity index (χ4n) is 1.06. The number of nitrogens with zero attached hydrogens (tertiary/aromatic N) is 1. The standard InChI is InChI=1S/C9H12N2O4S/c1-16(14,15)10-7-11(9(12)13)8-5-3-2-4-6-8/h2-6,10H,7H2,1H3,(H,12,13). The minimum Gasteiger partial charge on any atom is -0.465 e. The number of rotatable bonds is 4. The van der Waals surface area contributed by atoms with E-state index in [2.05, 4.69) is 4.72 Å². The van der Waals surface area contributed by atoms with E-state index in [1.807, 2.05) is 0 Å². The first-order valence-corrected chi connectivity index (χ1v) is 6.29. The van der Waals surface area contributed by atoms with E-state index in [4.69, 9.17) is 5.11 Å². The lowest BCUT2D eigenvalue weighted by molar-refractivity contribution is 0.201. The lowest BCUT2D eigenvalue weighted by atomic mass is 10.3. The maximum absolute atomic E-state index is 10.9. The number of carbonyl (C=O) groups is 1. The van der Waals surface area contributed by atoms with E-state index in [-0.39, 0.29) is 6.67 Å². The third kappa shape index (κ3) is 3.87. The summed E-state index contributed by atoms with van der Waals surface area (Å²) in [5, 5.41) is 8.91. The van der Waals surface area contributed by atoms with E-state index >= 15 is 0 Å². The number of benzene rings is 1. The molecule has 0 bridgehead atoms. The first-order valence-electron chi connectivity index (χ1n) is 4.40. The zero-order valence-electron chi connectivity index (χ0n) is 8.62. The van der Waals surface area contributed by atoms with Gasteiger partial charge < -0.3 is 5.11 Å². The van der Waals surface area contributed by atoms with E-state index < -0.39 is 16.1 Å². The van der Waals surface area contributed by atoms with Crippen LogP contribution in [0.25, 0.3) is 0 Å². The first-order chi connectivity index (χ1) is 7.40.